The molecule has 3 aliphatic heterocycles. The Hall–Kier alpha value is -4.84. The fourth-order valence-corrected chi connectivity index (χ4v) is 11.3. The van der Waals surface area contributed by atoms with Crippen molar-refractivity contribution in [1.82, 2.24) is 4.90 Å². The van der Waals surface area contributed by atoms with Crippen molar-refractivity contribution in [1.29, 1.82) is 0 Å². The normalized spacial score (nSPS) is 36.4. The predicted molar refractivity (Wildman–Crippen MR) is 283 cm³/mol. The van der Waals surface area contributed by atoms with E-state index in [2.05, 4.69) is 10.0 Å². The maximum absolute atomic E-state index is 14.6. The van der Waals surface area contributed by atoms with Crippen LogP contribution in [0.5, 0.6) is 0 Å². The van der Waals surface area contributed by atoms with Gasteiger partial charge in [-0.2, -0.15) is 0 Å². The lowest BCUT2D eigenvalue weighted by Gasteiger charge is -2.42. The minimum Gasteiger partial charge on any atom is -0.460 e. The third kappa shape index (κ3) is 16.6. The zero-order chi connectivity index (χ0) is 55.0. The molecule has 1 aromatic carbocycles. The van der Waals surface area contributed by atoms with Crippen LogP contribution in [0.1, 0.15) is 131 Å². The van der Waals surface area contributed by atoms with Gasteiger partial charge in [0.25, 0.3) is 11.7 Å². The first-order chi connectivity index (χ1) is 35.7. The summed E-state index contributed by atoms with van der Waals surface area (Å²) in [6.07, 6.45) is 11.7. The number of piperidine rings is 1. The summed E-state index contributed by atoms with van der Waals surface area (Å²) < 4.78 is 36.3. The fraction of sp³-hybridized carbons (Fsp3) is 0.672. The van der Waals surface area contributed by atoms with E-state index in [0.717, 1.165) is 17.6 Å². The number of carbonyl (C=O) groups excluding carboxylic acids is 5. The number of benzene rings is 1. The molecule has 2 bridgehead atoms. The van der Waals surface area contributed by atoms with Gasteiger partial charge in [0.15, 0.2) is 5.78 Å². The molecule has 5 rings (SSSR count). The Bertz CT molecular complexity index is 2290. The van der Waals surface area contributed by atoms with Gasteiger partial charge in [-0.25, -0.2) is 4.79 Å². The second-order valence-electron chi connectivity index (χ2n) is 21.7. The number of amides is 1. The van der Waals surface area contributed by atoms with E-state index in [1.807, 2.05) is 64.1 Å². The van der Waals surface area contributed by atoms with E-state index in [9.17, 15) is 34.2 Å². The number of allylic oxidation sites excluding steroid dienone is 6. The van der Waals surface area contributed by atoms with Gasteiger partial charge in [-0.1, -0.05) is 94.4 Å². The molecule has 414 valence electrons. The van der Waals surface area contributed by atoms with Crippen LogP contribution in [0.15, 0.2) is 77.0 Å². The third-order valence-corrected chi connectivity index (χ3v) is 16.0. The number of esters is 1. The first-order valence-corrected chi connectivity index (χ1v) is 27.0. The molecule has 0 spiro atoms. The van der Waals surface area contributed by atoms with Gasteiger partial charge in [-0.15, -0.1) is 0 Å². The quantitative estimate of drug-likeness (QED) is 0.0556. The molecule has 17 nitrogen and oxygen atoms in total. The molecule has 4 aliphatic rings. The standard InChI is InChI=1S/C58H84N4O13/c1-35-17-12-11-13-18-36(2)49(70-8)32-45-24-22-41(7)58(69,75-45)55(66)56(67)62-26-15-14-21-46(62)57(68)74-50(33-47(63)37(3)28-40(6)53(65)54(72-10)52(64)39(5)27-35)38(4)29-42-23-25-48(51(31-42)71-9)73-34-43-19-16-20-44(30-43)60-61-59/h11-13,16-20,28,30,35,37-39,41-42,45-46,48-51,53-54,65,69H,14-15,21-27,29,31-34H2,1-10H3/b13-11+,17-12+,36-18+,40-28+/t35-,37-,38-,39-,41-,42+,45+,46+,48-,49+,50+,51-,53-,54+,58-/m1/s1. The largest absolute Gasteiger partial charge is 0.460 e. The lowest BCUT2D eigenvalue weighted by atomic mass is 9.78. The van der Waals surface area contributed by atoms with Crippen molar-refractivity contribution in [3.8, 4) is 0 Å². The van der Waals surface area contributed by atoms with E-state index in [1.165, 1.54) is 12.0 Å². The molecule has 1 amide bonds. The van der Waals surface area contributed by atoms with Gasteiger partial charge >= 0.3 is 5.97 Å². The molecule has 2 N–H and O–H groups in total. The highest BCUT2D eigenvalue weighted by Gasteiger charge is 2.53. The first kappa shape index (κ1) is 61.0. The van der Waals surface area contributed by atoms with Crippen molar-refractivity contribution in [3.63, 3.8) is 0 Å². The number of hydrogen-bond donors (Lipinski definition) is 2. The van der Waals surface area contributed by atoms with Crippen LogP contribution in [0.2, 0.25) is 0 Å². The number of fused-ring (bicyclic) bond motifs is 3. The smallest absolute Gasteiger partial charge is 0.329 e. The molecule has 0 aromatic heterocycles. The monoisotopic (exact) mass is 1040 g/mol. The number of Topliss-reactive ketones (excluding diaryl/α,β-unsaturated/α-hetero) is 3. The maximum atomic E-state index is 14.6. The number of aliphatic hydroxyl groups excluding tert-OH is 1. The fourth-order valence-electron chi connectivity index (χ4n) is 11.3. The van der Waals surface area contributed by atoms with Gasteiger partial charge < -0.3 is 43.5 Å². The highest BCUT2D eigenvalue weighted by atomic mass is 16.6. The molecule has 17 heteroatoms. The van der Waals surface area contributed by atoms with Crippen molar-refractivity contribution >= 4 is 34.9 Å². The summed E-state index contributed by atoms with van der Waals surface area (Å²) in [7, 11) is 4.60. The number of ether oxygens (including phenoxy) is 6. The van der Waals surface area contributed by atoms with E-state index >= 15 is 0 Å². The highest BCUT2D eigenvalue weighted by molar-refractivity contribution is 6.39. The van der Waals surface area contributed by atoms with Crippen molar-refractivity contribution in [2.45, 2.75) is 187 Å². The van der Waals surface area contributed by atoms with Crippen LogP contribution in [0.25, 0.3) is 10.4 Å². The van der Waals surface area contributed by atoms with E-state index in [4.69, 9.17) is 34.0 Å². The Kier molecular flexibility index (Phi) is 23.6. The molecular formula is C58H84N4O13. The first-order valence-electron chi connectivity index (χ1n) is 27.0. The van der Waals surface area contributed by atoms with Crippen LogP contribution < -0.4 is 0 Å². The number of azide groups is 1. The summed E-state index contributed by atoms with van der Waals surface area (Å²) in [5, 5.41) is 27.3. The number of methoxy groups -OCH3 is 3. The SMILES string of the molecule is CO[C@H]1C[C@@H]2CC[C@@H](C)[C@@](O)(O2)C(=O)C(=O)N2CCCC[C@H]2C(=O)O[C@H]([C@H](C)C[C@@H]2CC[C@@H](OCc3cccc(N=[N+]=[N-])c3)[C@H](OC)C2)CC(=O)[C@H](C)/C=C(\C)[C@@H](O)[C@@H](OC)C(=O)[C@H](C)C[C@H](C)/C=C/C=C/C=C/1C. The van der Waals surface area contributed by atoms with E-state index in [-0.39, 0.29) is 60.9 Å². The summed E-state index contributed by atoms with van der Waals surface area (Å²) in [5.74, 6) is -8.12. The van der Waals surface area contributed by atoms with Gasteiger partial charge in [-0.3, -0.25) is 19.2 Å². The molecule has 3 fully saturated rings. The second kappa shape index (κ2) is 29.1. The molecule has 1 saturated carbocycles. The van der Waals surface area contributed by atoms with E-state index in [0.29, 0.717) is 75.7 Å². The molecule has 0 radical (unpaired) electrons. The summed E-state index contributed by atoms with van der Waals surface area (Å²) in [6, 6.07) is 6.04. The Morgan fingerprint density at radius 2 is 1.65 bits per heavy atom. The zero-order valence-electron chi connectivity index (χ0n) is 45.9. The summed E-state index contributed by atoms with van der Waals surface area (Å²) in [6.45, 7) is 13.1. The van der Waals surface area contributed by atoms with Gasteiger partial charge in [-0.05, 0) is 124 Å². The van der Waals surface area contributed by atoms with Crippen LogP contribution in [-0.4, -0.2) is 127 Å². The number of ketones is 3. The van der Waals surface area contributed by atoms with Gasteiger partial charge in [0, 0.05) is 69.1 Å². The molecule has 1 aliphatic carbocycles. The Morgan fingerprint density at radius 1 is 0.893 bits per heavy atom. The maximum Gasteiger partial charge on any atom is 0.329 e. The number of rotatable bonds is 10. The van der Waals surface area contributed by atoms with Gasteiger partial charge in [0.05, 0.1) is 31.0 Å². The van der Waals surface area contributed by atoms with Crippen LogP contribution in [0.4, 0.5) is 5.69 Å². The van der Waals surface area contributed by atoms with Crippen LogP contribution >= 0.6 is 0 Å². The topological polar surface area (TPSA) is 233 Å². The summed E-state index contributed by atoms with van der Waals surface area (Å²) in [5.41, 5.74) is 11.5. The summed E-state index contributed by atoms with van der Waals surface area (Å²) >= 11 is 0. The molecular weight excluding hydrogens is 961 g/mol. The molecule has 1 aromatic rings. The predicted octanol–water partition coefficient (Wildman–Crippen LogP) is 9.35. The second-order valence-corrected chi connectivity index (χ2v) is 21.7. The van der Waals surface area contributed by atoms with Gasteiger partial charge in [0.2, 0.25) is 5.79 Å². The number of nitrogens with zero attached hydrogens (tertiary/aromatic N) is 4. The van der Waals surface area contributed by atoms with Crippen molar-refractivity contribution < 1.29 is 62.6 Å². The van der Waals surface area contributed by atoms with E-state index < -0.39 is 77.8 Å². The zero-order valence-corrected chi connectivity index (χ0v) is 45.9. The minimum atomic E-state index is -2.45. The number of carbonyl (C=O) groups is 5. The molecule has 2 saturated heterocycles. The van der Waals surface area contributed by atoms with Crippen molar-refractivity contribution in [3.05, 3.63) is 87.9 Å². The average Bonchev–Trinajstić information content (AvgIpc) is 3.39. The third-order valence-electron chi connectivity index (χ3n) is 16.0. The Labute approximate surface area is 444 Å². The molecule has 15 atom stereocenters. The minimum absolute atomic E-state index is 0.00680. The Balaban J connectivity index is 1.43. The number of hydrogen-bond acceptors (Lipinski definition) is 14. The Morgan fingerprint density at radius 3 is 2.36 bits per heavy atom. The lowest BCUT2D eigenvalue weighted by Crippen LogP contribution is -2.61. The van der Waals surface area contributed by atoms with Crippen LogP contribution in [0, 0.1) is 35.5 Å². The lowest BCUT2D eigenvalue weighted by molar-refractivity contribution is -0.265. The average molecular weight is 1050 g/mol. The molecule has 3 heterocycles. The van der Waals surface area contributed by atoms with Crippen molar-refractivity contribution in [2.75, 3.05) is 27.9 Å². The highest BCUT2D eigenvalue weighted by Crippen LogP contribution is 2.38. The van der Waals surface area contributed by atoms with Gasteiger partial charge in [0.1, 0.15) is 30.1 Å². The number of cyclic esters (lactones) is 1. The molecule has 75 heavy (non-hydrogen) atoms. The van der Waals surface area contributed by atoms with Crippen molar-refractivity contribution in [2.24, 2.45) is 40.6 Å². The van der Waals surface area contributed by atoms with Crippen LogP contribution in [0.3, 0.4) is 0 Å². The van der Waals surface area contributed by atoms with Crippen LogP contribution in [-0.2, 0) is 59.0 Å². The number of aliphatic hydroxyl groups is 2. The van der Waals surface area contributed by atoms with E-state index in [1.54, 1.807) is 59.3 Å². The summed E-state index contributed by atoms with van der Waals surface area (Å²) in [4.78, 5) is 75.6. The molecule has 0 unspecified atom stereocenters.